The van der Waals surface area contributed by atoms with Gasteiger partial charge in [0.2, 0.25) is 10.0 Å². The summed E-state index contributed by atoms with van der Waals surface area (Å²) < 4.78 is 38.5. The smallest absolute Gasteiger partial charge is 0.229 e. The highest BCUT2D eigenvalue weighted by Crippen LogP contribution is 2.32. The van der Waals surface area contributed by atoms with Crippen LogP contribution in [0.1, 0.15) is 5.56 Å². The predicted molar refractivity (Wildman–Crippen MR) is 125 cm³/mol. The van der Waals surface area contributed by atoms with Crippen molar-refractivity contribution in [3.63, 3.8) is 0 Å². The molecule has 2 heterocycles. The fourth-order valence-electron chi connectivity index (χ4n) is 2.85. The number of hydrogen-bond acceptors (Lipinski definition) is 6. The lowest BCUT2D eigenvalue weighted by atomic mass is 10.1. The number of thioether (sulfide) groups is 1. The molecule has 0 radical (unpaired) electrons. The maximum Gasteiger partial charge on any atom is 0.229 e. The molecule has 0 atom stereocenters. The van der Waals surface area contributed by atoms with Crippen LogP contribution in [0.2, 0.25) is 0 Å². The maximum absolute atomic E-state index is 13.1. The lowest BCUT2D eigenvalue weighted by molar-refractivity contribution is 0.607. The molecule has 2 aromatic heterocycles. The summed E-state index contributed by atoms with van der Waals surface area (Å²) in [6.07, 6.45) is 2.87. The summed E-state index contributed by atoms with van der Waals surface area (Å²) in [7, 11) is -3.34. The molecule has 0 fully saturated rings. The van der Waals surface area contributed by atoms with Gasteiger partial charge in [-0.15, -0.1) is 23.1 Å². The molecule has 2 aromatic carbocycles. The second-order valence-electron chi connectivity index (χ2n) is 6.79. The second kappa shape index (κ2) is 9.17. The van der Waals surface area contributed by atoms with Gasteiger partial charge in [-0.1, -0.05) is 24.3 Å². The number of aromatic nitrogens is 2. The molecular formula is C22H18FN3O2S3. The first kappa shape index (κ1) is 21.5. The lowest BCUT2D eigenvalue weighted by Gasteiger charge is -2.05. The Morgan fingerprint density at radius 2 is 1.87 bits per heavy atom. The molecule has 0 aliphatic rings. The number of thiazole rings is 1. The summed E-state index contributed by atoms with van der Waals surface area (Å²) in [5.41, 5.74) is 4.08. The van der Waals surface area contributed by atoms with E-state index in [0.717, 1.165) is 38.7 Å². The minimum absolute atomic E-state index is 0.244. The van der Waals surface area contributed by atoms with E-state index < -0.39 is 10.0 Å². The molecule has 0 saturated heterocycles. The van der Waals surface area contributed by atoms with Gasteiger partial charge in [-0.25, -0.2) is 22.8 Å². The van der Waals surface area contributed by atoms with E-state index in [1.165, 1.54) is 23.5 Å². The Morgan fingerprint density at radius 3 is 2.65 bits per heavy atom. The van der Waals surface area contributed by atoms with Gasteiger partial charge in [-0.3, -0.25) is 4.72 Å². The van der Waals surface area contributed by atoms with Gasteiger partial charge >= 0.3 is 0 Å². The number of nitrogens with zero attached hydrogens (tertiary/aromatic N) is 2. The van der Waals surface area contributed by atoms with Crippen LogP contribution in [0.4, 0.5) is 10.1 Å². The number of benzene rings is 2. The molecule has 0 aliphatic heterocycles. The molecule has 9 heteroatoms. The van der Waals surface area contributed by atoms with Crippen molar-refractivity contribution in [2.24, 2.45) is 0 Å². The Balaban J connectivity index is 1.51. The van der Waals surface area contributed by atoms with E-state index in [-0.39, 0.29) is 5.82 Å². The molecule has 0 saturated carbocycles. The van der Waals surface area contributed by atoms with Crippen LogP contribution < -0.4 is 4.72 Å². The van der Waals surface area contributed by atoms with Gasteiger partial charge < -0.3 is 0 Å². The molecule has 5 nitrogen and oxygen atoms in total. The number of hydrogen-bond donors (Lipinski definition) is 1. The van der Waals surface area contributed by atoms with Crippen LogP contribution in [-0.2, 0) is 15.8 Å². The van der Waals surface area contributed by atoms with Crippen molar-refractivity contribution in [1.82, 2.24) is 9.97 Å². The average molecular weight is 472 g/mol. The Labute approximate surface area is 188 Å². The fraction of sp³-hybridized carbons (Fsp3) is 0.0909. The normalized spacial score (nSPS) is 11.4. The first-order valence-electron chi connectivity index (χ1n) is 9.23. The molecule has 31 heavy (non-hydrogen) atoms. The van der Waals surface area contributed by atoms with Crippen LogP contribution in [0.3, 0.4) is 0 Å². The van der Waals surface area contributed by atoms with E-state index in [9.17, 15) is 12.8 Å². The van der Waals surface area contributed by atoms with Crippen LogP contribution in [0.25, 0.3) is 21.8 Å². The van der Waals surface area contributed by atoms with E-state index in [1.54, 1.807) is 48.3 Å². The summed E-state index contributed by atoms with van der Waals surface area (Å²) in [4.78, 5) is 9.13. The number of anilines is 1. The standard InChI is InChI=1S/C22H18FN3O2S3/c1-31(27,28)26-19-4-2-3-16(11-19)20-14-30-22(25-20)17-9-10-24-21(12-17)29-13-15-5-7-18(23)8-6-15/h2-12,14,26H,13H2,1H3. The molecule has 0 spiro atoms. The number of sulfonamides is 1. The number of pyridine rings is 1. The molecular weight excluding hydrogens is 453 g/mol. The van der Waals surface area contributed by atoms with Gasteiger partial charge in [0.15, 0.2) is 0 Å². The van der Waals surface area contributed by atoms with Gasteiger partial charge in [0.05, 0.1) is 17.0 Å². The van der Waals surface area contributed by atoms with Crippen LogP contribution in [0, 0.1) is 5.82 Å². The zero-order chi connectivity index (χ0) is 21.8. The molecule has 0 unspecified atom stereocenters. The Morgan fingerprint density at radius 1 is 1.06 bits per heavy atom. The Kier molecular flexibility index (Phi) is 6.35. The highest BCUT2D eigenvalue weighted by atomic mass is 32.2. The minimum atomic E-state index is -3.34. The molecule has 0 aliphatic carbocycles. The fourth-order valence-corrected chi connectivity index (χ4v) is 5.09. The van der Waals surface area contributed by atoms with Crippen LogP contribution >= 0.6 is 23.1 Å². The second-order valence-corrected chi connectivity index (χ2v) is 10.4. The summed E-state index contributed by atoms with van der Waals surface area (Å²) >= 11 is 3.09. The van der Waals surface area contributed by atoms with E-state index >= 15 is 0 Å². The lowest BCUT2D eigenvalue weighted by Crippen LogP contribution is -2.09. The Bertz CT molecular complexity index is 1310. The summed E-state index contributed by atoms with van der Waals surface area (Å²) in [6, 6.07) is 17.5. The van der Waals surface area contributed by atoms with Crippen molar-refractivity contribution in [2.45, 2.75) is 10.8 Å². The van der Waals surface area contributed by atoms with E-state index in [1.807, 2.05) is 23.6 Å². The average Bonchev–Trinajstić information content (AvgIpc) is 3.23. The van der Waals surface area contributed by atoms with Crippen molar-refractivity contribution in [3.8, 4) is 21.8 Å². The predicted octanol–water partition coefficient (Wildman–Crippen LogP) is 5.68. The van der Waals surface area contributed by atoms with Crippen LogP contribution in [0.5, 0.6) is 0 Å². The van der Waals surface area contributed by atoms with Crippen LogP contribution in [0.15, 0.2) is 77.3 Å². The summed E-state index contributed by atoms with van der Waals surface area (Å²) in [5.74, 6) is 0.450. The third-order valence-corrected chi connectivity index (χ3v) is 6.74. The molecule has 158 valence electrons. The quantitative estimate of drug-likeness (QED) is 0.351. The summed E-state index contributed by atoms with van der Waals surface area (Å²) in [6.45, 7) is 0. The zero-order valence-electron chi connectivity index (χ0n) is 16.4. The molecule has 0 amide bonds. The minimum Gasteiger partial charge on any atom is -0.284 e. The van der Waals surface area contributed by atoms with Crippen molar-refractivity contribution >= 4 is 38.8 Å². The summed E-state index contributed by atoms with van der Waals surface area (Å²) in [5, 5.41) is 3.65. The topological polar surface area (TPSA) is 72.0 Å². The molecule has 4 aromatic rings. The van der Waals surface area contributed by atoms with Crippen molar-refractivity contribution in [2.75, 3.05) is 11.0 Å². The van der Waals surface area contributed by atoms with Crippen molar-refractivity contribution in [3.05, 3.63) is 83.6 Å². The van der Waals surface area contributed by atoms with Crippen molar-refractivity contribution in [1.29, 1.82) is 0 Å². The molecule has 4 rings (SSSR count). The number of nitrogens with one attached hydrogen (secondary N) is 1. The molecule has 1 N–H and O–H groups in total. The van der Waals surface area contributed by atoms with Gasteiger partial charge in [-0.2, -0.15) is 0 Å². The largest absolute Gasteiger partial charge is 0.284 e. The zero-order valence-corrected chi connectivity index (χ0v) is 18.9. The maximum atomic E-state index is 13.1. The van der Waals surface area contributed by atoms with Gasteiger partial charge in [0.1, 0.15) is 10.8 Å². The van der Waals surface area contributed by atoms with E-state index in [2.05, 4.69) is 9.71 Å². The number of halogens is 1. The third kappa shape index (κ3) is 5.90. The highest BCUT2D eigenvalue weighted by molar-refractivity contribution is 7.98. The number of rotatable bonds is 7. The van der Waals surface area contributed by atoms with Crippen LogP contribution in [-0.4, -0.2) is 24.6 Å². The highest BCUT2D eigenvalue weighted by Gasteiger charge is 2.10. The first-order chi connectivity index (χ1) is 14.9. The van der Waals surface area contributed by atoms with E-state index in [0.29, 0.717) is 11.4 Å². The van der Waals surface area contributed by atoms with Crippen molar-refractivity contribution < 1.29 is 12.8 Å². The SMILES string of the molecule is CS(=O)(=O)Nc1cccc(-c2csc(-c3ccnc(SCc4ccc(F)cc4)c3)n2)c1. The van der Waals surface area contributed by atoms with E-state index in [4.69, 9.17) is 4.98 Å². The van der Waals surface area contributed by atoms with Gasteiger partial charge in [0, 0.05) is 34.1 Å². The van der Waals surface area contributed by atoms with Gasteiger partial charge in [-0.05, 0) is 42.0 Å². The monoisotopic (exact) mass is 471 g/mol. The first-order valence-corrected chi connectivity index (χ1v) is 13.0. The third-order valence-electron chi connectivity index (χ3n) is 4.25. The molecule has 0 bridgehead atoms. The Hall–Kier alpha value is -2.75. The van der Waals surface area contributed by atoms with Gasteiger partial charge in [0.25, 0.3) is 0 Å².